The molecule has 0 saturated carbocycles. The first-order chi connectivity index (χ1) is 15.8. The van der Waals surface area contributed by atoms with Crippen LogP contribution in [0.1, 0.15) is 32.0 Å². The van der Waals surface area contributed by atoms with Gasteiger partial charge in [0.2, 0.25) is 11.8 Å². The van der Waals surface area contributed by atoms with Gasteiger partial charge in [-0.15, -0.1) is 11.3 Å². The van der Waals surface area contributed by atoms with Gasteiger partial charge in [-0.05, 0) is 62.9 Å². The summed E-state index contributed by atoms with van der Waals surface area (Å²) in [5.41, 5.74) is 5.26. The van der Waals surface area contributed by atoms with Gasteiger partial charge >= 0.3 is 0 Å². The molecule has 0 radical (unpaired) electrons. The lowest BCUT2D eigenvalue weighted by molar-refractivity contribution is -0.125. The second-order valence-electron chi connectivity index (χ2n) is 8.56. The van der Waals surface area contributed by atoms with E-state index in [9.17, 15) is 9.59 Å². The number of nitrogens with zero attached hydrogens (tertiary/aromatic N) is 1. The van der Waals surface area contributed by atoms with Crippen molar-refractivity contribution in [1.82, 2.24) is 10.2 Å². The summed E-state index contributed by atoms with van der Waals surface area (Å²) in [6.45, 7) is 9.76. The highest BCUT2D eigenvalue weighted by Gasteiger charge is 2.15. The minimum Gasteiger partial charge on any atom is -0.346 e. The Morgan fingerprint density at radius 2 is 1.61 bits per heavy atom. The molecule has 2 aromatic carbocycles. The Balaban J connectivity index is 1.55. The van der Waals surface area contributed by atoms with E-state index in [1.807, 2.05) is 51.1 Å². The molecule has 0 aliphatic rings. The molecule has 0 saturated heterocycles. The van der Waals surface area contributed by atoms with E-state index in [-0.39, 0.29) is 24.9 Å². The fraction of sp³-hybridized carbons (Fsp3) is 0.333. The molecule has 33 heavy (non-hydrogen) atoms. The van der Waals surface area contributed by atoms with Crippen LogP contribution in [0.4, 0.5) is 5.69 Å². The van der Waals surface area contributed by atoms with Crippen molar-refractivity contribution in [3.63, 3.8) is 0 Å². The Hall–Kier alpha value is -2.96. The molecular weight excluding hydrogens is 430 g/mol. The molecule has 0 unspecified atom stereocenters. The molecule has 2 N–H and O–H groups in total. The predicted molar refractivity (Wildman–Crippen MR) is 137 cm³/mol. The second kappa shape index (κ2) is 11.8. The third-order valence-corrected chi connectivity index (χ3v) is 6.48. The molecule has 3 aromatic rings. The Morgan fingerprint density at radius 3 is 2.24 bits per heavy atom. The monoisotopic (exact) mass is 463 g/mol. The normalized spacial score (nSPS) is 10.9. The van der Waals surface area contributed by atoms with Crippen LogP contribution >= 0.6 is 11.3 Å². The SMILES string of the molecule is Cc1cc(C)c(NC(=O)CNC(=O)CN(CCc2ccccc2)Cc2ccc(C)s2)c(C)c1. The second-order valence-corrected chi connectivity index (χ2v) is 9.93. The van der Waals surface area contributed by atoms with E-state index >= 15 is 0 Å². The van der Waals surface area contributed by atoms with Gasteiger partial charge in [0, 0.05) is 28.5 Å². The first-order valence-electron chi connectivity index (χ1n) is 11.3. The van der Waals surface area contributed by atoms with Crippen molar-refractivity contribution in [3.05, 3.63) is 86.6 Å². The van der Waals surface area contributed by atoms with Gasteiger partial charge in [-0.25, -0.2) is 0 Å². The molecule has 0 aliphatic heterocycles. The minimum absolute atomic E-state index is 0.0454. The maximum Gasteiger partial charge on any atom is 0.243 e. The topological polar surface area (TPSA) is 61.4 Å². The van der Waals surface area contributed by atoms with Gasteiger partial charge in [-0.1, -0.05) is 48.0 Å². The van der Waals surface area contributed by atoms with E-state index in [0.717, 1.165) is 35.3 Å². The van der Waals surface area contributed by atoms with Crippen molar-refractivity contribution in [3.8, 4) is 0 Å². The fourth-order valence-electron chi connectivity index (χ4n) is 3.94. The third kappa shape index (κ3) is 7.84. The predicted octanol–water partition coefficient (Wildman–Crippen LogP) is 4.78. The molecule has 6 heteroatoms. The van der Waals surface area contributed by atoms with Gasteiger partial charge in [0.25, 0.3) is 0 Å². The molecule has 0 bridgehead atoms. The molecule has 1 heterocycles. The standard InChI is InChI=1S/C27H33N3O2S/c1-19-14-20(2)27(21(3)15-19)29-25(31)16-28-26(32)18-30(17-24-11-10-22(4)33-24)13-12-23-8-6-5-7-9-23/h5-11,14-15H,12-13,16-18H2,1-4H3,(H,28,32)(H,29,31). The molecule has 0 atom stereocenters. The Kier molecular flexibility index (Phi) is 8.80. The molecule has 3 rings (SSSR count). The number of hydrogen-bond donors (Lipinski definition) is 2. The molecule has 174 valence electrons. The summed E-state index contributed by atoms with van der Waals surface area (Å²) in [7, 11) is 0. The van der Waals surface area contributed by atoms with Crippen LogP contribution in [0.2, 0.25) is 0 Å². The number of hydrogen-bond acceptors (Lipinski definition) is 4. The zero-order valence-electron chi connectivity index (χ0n) is 19.9. The number of anilines is 1. The number of benzene rings is 2. The first-order valence-corrected chi connectivity index (χ1v) is 12.1. The summed E-state index contributed by atoms with van der Waals surface area (Å²) in [5.74, 6) is -0.369. The van der Waals surface area contributed by atoms with E-state index in [4.69, 9.17) is 0 Å². The van der Waals surface area contributed by atoms with Gasteiger partial charge in [0.15, 0.2) is 0 Å². The van der Waals surface area contributed by atoms with Crippen LogP contribution in [0.5, 0.6) is 0 Å². The molecule has 2 amide bonds. The van der Waals surface area contributed by atoms with Crippen LogP contribution in [0.15, 0.2) is 54.6 Å². The van der Waals surface area contributed by atoms with Crippen LogP contribution in [0.3, 0.4) is 0 Å². The summed E-state index contributed by atoms with van der Waals surface area (Å²) < 4.78 is 0. The van der Waals surface area contributed by atoms with Crippen LogP contribution < -0.4 is 10.6 Å². The van der Waals surface area contributed by atoms with E-state index in [1.54, 1.807) is 11.3 Å². The molecule has 0 aliphatic carbocycles. The van der Waals surface area contributed by atoms with E-state index in [2.05, 4.69) is 46.7 Å². The molecule has 5 nitrogen and oxygen atoms in total. The number of carbonyl (C=O) groups is 2. The number of nitrogens with one attached hydrogen (secondary N) is 2. The maximum absolute atomic E-state index is 12.7. The van der Waals surface area contributed by atoms with E-state index < -0.39 is 0 Å². The zero-order chi connectivity index (χ0) is 23.8. The zero-order valence-corrected chi connectivity index (χ0v) is 20.7. The highest BCUT2D eigenvalue weighted by atomic mass is 32.1. The summed E-state index contributed by atoms with van der Waals surface area (Å²) in [6, 6.07) is 18.6. The maximum atomic E-state index is 12.7. The van der Waals surface area contributed by atoms with Crippen LogP contribution in [0, 0.1) is 27.7 Å². The Morgan fingerprint density at radius 1 is 0.909 bits per heavy atom. The quantitative estimate of drug-likeness (QED) is 0.455. The average molecular weight is 464 g/mol. The summed E-state index contributed by atoms with van der Waals surface area (Å²) >= 11 is 1.75. The van der Waals surface area contributed by atoms with Gasteiger partial charge in [-0.3, -0.25) is 14.5 Å². The summed E-state index contributed by atoms with van der Waals surface area (Å²) in [4.78, 5) is 29.8. The van der Waals surface area contributed by atoms with Crippen molar-refractivity contribution >= 4 is 28.8 Å². The van der Waals surface area contributed by atoms with Crippen LogP contribution in [-0.4, -0.2) is 36.3 Å². The van der Waals surface area contributed by atoms with Gasteiger partial charge in [0.1, 0.15) is 0 Å². The summed E-state index contributed by atoms with van der Waals surface area (Å²) in [6.07, 6.45) is 0.866. The number of thiophene rings is 1. The van der Waals surface area contributed by atoms with Crippen LogP contribution in [-0.2, 0) is 22.6 Å². The fourth-order valence-corrected chi connectivity index (χ4v) is 4.87. The summed E-state index contributed by atoms with van der Waals surface area (Å²) in [5, 5.41) is 5.72. The van der Waals surface area contributed by atoms with Gasteiger partial charge < -0.3 is 10.6 Å². The average Bonchev–Trinajstić information content (AvgIpc) is 3.18. The molecular formula is C27H33N3O2S. The molecule has 0 spiro atoms. The molecule has 0 fully saturated rings. The lowest BCUT2D eigenvalue weighted by Crippen LogP contribution is -2.41. The van der Waals surface area contributed by atoms with Crippen molar-refractivity contribution < 1.29 is 9.59 Å². The lowest BCUT2D eigenvalue weighted by atomic mass is 10.1. The minimum atomic E-state index is -0.219. The first kappa shape index (κ1) is 24.7. The van der Waals surface area contributed by atoms with Crippen LogP contribution in [0.25, 0.3) is 0 Å². The number of amides is 2. The van der Waals surface area contributed by atoms with Crippen molar-refractivity contribution in [1.29, 1.82) is 0 Å². The van der Waals surface area contributed by atoms with Gasteiger partial charge in [-0.2, -0.15) is 0 Å². The smallest absolute Gasteiger partial charge is 0.243 e. The van der Waals surface area contributed by atoms with E-state index in [0.29, 0.717) is 6.54 Å². The van der Waals surface area contributed by atoms with Crippen molar-refractivity contribution in [2.75, 3.05) is 25.0 Å². The molecule has 1 aromatic heterocycles. The Bertz CT molecular complexity index is 1070. The van der Waals surface area contributed by atoms with Crippen molar-refractivity contribution in [2.45, 2.75) is 40.7 Å². The lowest BCUT2D eigenvalue weighted by Gasteiger charge is -2.21. The van der Waals surface area contributed by atoms with Crippen molar-refractivity contribution in [2.24, 2.45) is 0 Å². The highest BCUT2D eigenvalue weighted by Crippen LogP contribution is 2.21. The van der Waals surface area contributed by atoms with E-state index in [1.165, 1.54) is 15.3 Å². The number of rotatable bonds is 10. The number of aryl methyl sites for hydroxylation is 4. The number of carbonyl (C=O) groups excluding carboxylic acids is 2. The Labute approximate surface area is 200 Å². The largest absolute Gasteiger partial charge is 0.346 e. The highest BCUT2D eigenvalue weighted by molar-refractivity contribution is 7.11. The van der Waals surface area contributed by atoms with Gasteiger partial charge in [0.05, 0.1) is 13.1 Å². The third-order valence-electron chi connectivity index (χ3n) is 5.49.